The summed E-state index contributed by atoms with van der Waals surface area (Å²) in [5.74, 6) is -1.48. The molecule has 2 fully saturated rings. The Morgan fingerprint density at radius 3 is 2.44 bits per heavy atom. The third kappa shape index (κ3) is 1.62. The van der Waals surface area contributed by atoms with Gasteiger partial charge in [0.2, 0.25) is 0 Å². The minimum atomic E-state index is -0.423. The van der Waals surface area contributed by atoms with E-state index < -0.39 is 11.8 Å². The maximum Gasteiger partial charge on any atom is 0.260 e. The molecule has 96 valence electrons. The van der Waals surface area contributed by atoms with Crippen molar-refractivity contribution in [1.29, 1.82) is 0 Å². The van der Waals surface area contributed by atoms with Crippen LogP contribution in [0, 0.1) is 11.8 Å². The van der Waals surface area contributed by atoms with Crippen LogP contribution in [0.15, 0.2) is 23.3 Å². The summed E-state index contributed by atoms with van der Waals surface area (Å²) in [6, 6.07) is 0. The summed E-state index contributed by atoms with van der Waals surface area (Å²) in [6.45, 7) is 1.81. The van der Waals surface area contributed by atoms with Crippen molar-refractivity contribution in [2.75, 3.05) is 6.61 Å². The van der Waals surface area contributed by atoms with Crippen molar-refractivity contribution in [3.05, 3.63) is 23.3 Å². The van der Waals surface area contributed by atoms with E-state index in [0.717, 1.165) is 5.06 Å². The molecule has 5 nitrogen and oxygen atoms in total. The molecule has 0 aromatic heterocycles. The van der Waals surface area contributed by atoms with E-state index in [1.54, 1.807) is 13.0 Å². The molecule has 2 amide bonds. The molecule has 3 aliphatic rings. The molecule has 0 aliphatic carbocycles. The number of allylic oxidation sites excluding steroid dienone is 1. The van der Waals surface area contributed by atoms with Crippen molar-refractivity contribution in [2.24, 2.45) is 11.8 Å². The zero-order chi connectivity index (χ0) is 12.9. The Bertz CT molecular complexity index is 439. The third-order valence-electron chi connectivity index (χ3n) is 3.44. The molecule has 4 atom stereocenters. The lowest BCUT2D eigenvalue weighted by Gasteiger charge is -2.15. The number of hydrogen-bond acceptors (Lipinski definition) is 4. The van der Waals surface area contributed by atoms with Crippen LogP contribution in [0.1, 0.15) is 6.92 Å². The molecule has 3 heterocycles. The fourth-order valence-corrected chi connectivity index (χ4v) is 2.69. The number of fused-ring (bicyclic) bond motifs is 5. The predicted octanol–water partition coefficient (Wildman–Crippen LogP) is 0.999. The number of imide groups is 1. The smallest absolute Gasteiger partial charge is 0.260 e. The van der Waals surface area contributed by atoms with Crippen LogP contribution in [0.25, 0.3) is 0 Å². The highest BCUT2D eigenvalue weighted by Crippen LogP contribution is 2.45. The second-order valence-corrected chi connectivity index (χ2v) is 5.16. The van der Waals surface area contributed by atoms with Crippen LogP contribution < -0.4 is 0 Å². The largest absolute Gasteiger partial charge is 0.365 e. The van der Waals surface area contributed by atoms with E-state index in [9.17, 15) is 9.59 Å². The van der Waals surface area contributed by atoms with E-state index in [2.05, 4.69) is 0 Å². The zero-order valence-corrected chi connectivity index (χ0v) is 10.5. The van der Waals surface area contributed by atoms with E-state index in [-0.39, 0.29) is 30.6 Å². The van der Waals surface area contributed by atoms with E-state index in [4.69, 9.17) is 21.2 Å². The average molecular weight is 270 g/mol. The van der Waals surface area contributed by atoms with Crippen LogP contribution >= 0.6 is 11.6 Å². The fraction of sp³-hybridized carbons (Fsp3) is 0.500. The first kappa shape index (κ1) is 11.9. The van der Waals surface area contributed by atoms with Gasteiger partial charge in [0, 0.05) is 5.03 Å². The van der Waals surface area contributed by atoms with Gasteiger partial charge in [-0.3, -0.25) is 14.4 Å². The van der Waals surface area contributed by atoms with Gasteiger partial charge in [0.05, 0.1) is 30.7 Å². The average Bonchev–Trinajstić information content (AvgIpc) is 2.97. The minimum Gasteiger partial charge on any atom is -0.365 e. The first-order chi connectivity index (χ1) is 8.59. The van der Waals surface area contributed by atoms with Crippen molar-refractivity contribution in [3.8, 4) is 0 Å². The van der Waals surface area contributed by atoms with Gasteiger partial charge in [0.1, 0.15) is 0 Å². The van der Waals surface area contributed by atoms with Crippen molar-refractivity contribution in [1.82, 2.24) is 5.06 Å². The summed E-state index contributed by atoms with van der Waals surface area (Å²) < 4.78 is 5.50. The lowest BCUT2D eigenvalue weighted by atomic mass is 9.85. The zero-order valence-electron chi connectivity index (χ0n) is 9.71. The number of ether oxygens (including phenoxy) is 1. The highest BCUT2D eigenvalue weighted by Gasteiger charge is 2.61. The summed E-state index contributed by atoms with van der Waals surface area (Å²) in [5.41, 5.74) is 0. The van der Waals surface area contributed by atoms with Gasteiger partial charge in [0.25, 0.3) is 11.8 Å². The van der Waals surface area contributed by atoms with Gasteiger partial charge < -0.3 is 4.74 Å². The number of halogens is 1. The summed E-state index contributed by atoms with van der Waals surface area (Å²) in [5, 5.41) is 1.42. The standard InChI is InChI=1S/C12H12ClNO4/c1-6(13)4-5-17-14-11(15)9-7-2-3-8(18-7)10(9)12(14)16/h2-4,7-10H,5H2,1H3/b6-4-. The Kier molecular flexibility index (Phi) is 2.77. The highest BCUT2D eigenvalue weighted by molar-refractivity contribution is 6.29. The Morgan fingerprint density at radius 1 is 1.39 bits per heavy atom. The normalized spacial score (nSPS) is 37.9. The molecule has 0 N–H and O–H groups in total. The summed E-state index contributed by atoms with van der Waals surface area (Å²) in [7, 11) is 0. The van der Waals surface area contributed by atoms with Crippen molar-refractivity contribution in [3.63, 3.8) is 0 Å². The van der Waals surface area contributed by atoms with Crippen LogP contribution in [-0.2, 0) is 19.2 Å². The molecule has 0 aromatic carbocycles. The summed E-state index contributed by atoms with van der Waals surface area (Å²) >= 11 is 5.65. The van der Waals surface area contributed by atoms with Gasteiger partial charge in [0.15, 0.2) is 0 Å². The predicted molar refractivity (Wildman–Crippen MR) is 62.2 cm³/mol. The monoisotopic (exact) mass is 269 g/mol. The Balaban J connectivity index is 1.74. The molecule has 3 aliphatic heterocycles. The van der Waals surface area contributed by atoms with Crippen molar-refractivity contribution < 1.29 is 19.2 Å². The van der Waals surface area contributed by atoms with Crippen LogP contribution in [0.5, 0.6) is 0 Å². The van der Waals surface area contributed by atoms with E-state index in [0.29, 0.717) is 5.03 Å². The molecule has 0 radical (unpaired) electrons. The molecule has 0 spiro atoms. The molecule has 0 saturated carbocycles. The molecule has 2 saturated heterocycles. The summed E-state index contributed by atoms with van der Waals surface area (Å²) in [4.78, 5) is 29.3. The van der Waals surface area contributed by atoms with E-state index in [1.807, 2.05) is 12.2 Å². The molecular weight excluding hydrogens is 258 g/mol. The minimum absolute atomic E-state index is 0.107. The first-order valence-electron chi connectivity index (χ1n) is 5.76. The van der Waals surface area contributed by atoms with Gasteiger partial charge in [-0.05, 0) is 13.0 Å². The molecular formula is C12H12ClNO4. The third-order valence-corrected chi connectivity index (χ3v) is 3.59. The Hall–Kier alpha value is -1.17. The molecule has 3 rings (SSSR count). The Morgan fingerprint density at radius 2 is 1.94 bits per heavy atom. The summed E-state index contributed by atoms with van der Waals surface area (Å²) in [6.07, 6.45) is 4.71. The Labute approximate surface area is 109 Å². The topological polar surface area (TPSA) is 55.8 Å². The number of hydrogen-bond donors (Lipinski definition) is 0. The lowest BCUT2D eigenvalue weighted by molar-refractivity contribution is -0.188. The molecule has 0 aromatic rings. The van der Waals surface area contributed by atoms with E-state index >= 15 is 0 Å². The van der Waals surface area contributed by atoms with Crippen molar-refractivity contribution in [2.45, 2.75) is 19.1 Å². The van der Waals surface area contributed by atoms with Gasteiger partial charge in [-0.1, -0.05) is 23.8 Å². The number of carbonyl (C=O) groups is 2. The first-order valence-corrected chi connectivity index (χ1v) is 6.14. The maximum atomic E-state index is 12.1. The highest BCUT2D eigenvalue weighted by atomic mass is 35.5. The molecule has 2 bridgehead atoms. The van der Waals surface area contributed by atoms with Crippen molar-refractivity contribution >= 4 is 23.4 Å². The van der Waals surface area contributed by atoms with E-state index in [1.165, 1.54) is 0 Å². The number of amides is 2. The maximum absolute atomic E-state index is 12.1. The molecule has 18 heavy (non-hydrogen) atoms. The number of carbonyl (C=O) groups excluding carboxylic acids is 2. The van der Waals surface area contributed by atoms with Gasteiger partial charge in [-0.15, -0.1) is 0 Å². The second-order valence-electron chi connectivity index (χ2n) is 4.56. The molecule has 6 heteroatoms. The fourth-order valence-electron chi connectivity index (χ4n) is 2.63. The van der Waals surface area contributed by atoms with Gasteiger partial charge in [-0.2, -0.15) is 5.06 Å². The van der Waals surface area contributed by atoms with Crippen LogP contribution in [0.4, 0.5) is 0 Å². The number of hydroxylamine groups is 2. The molecule has 4 unspecified atom stereocenters. The quantitative estimate of drug-likeness (QED) is 0.567. The van der Waals surface area contributed by atoms with Gasteiger partial charge in [-0.25, -0.2) is 0 Å². The van der Waals surface area contributed by atoms with Crippen LogP contribution in [0.3, 0.4) is 0 Å². The number of nitrogens with zero attached hydrogens (tertiary/aromatic N) is 1. The van der Waals surface area contributed by atoms with Crippen LogP contribution in [-0.4, -0.2) is 35.7 Å². The second kappa shape index (κ2) is 4.19. The SMILES string of the molecule is C/C(Cl)=C/CON1C(=O)C2C3C=CC(O3)C2C1=O. The number of rotatable bonds is 3. The van der Waals surface area contributed by atoms with Crippen LogP contribution in [0.2, 0.25) is 0 Å². The van der Waals surface area contributed by atoms with Gasteiger partial charge >= 0.3 is 0 Å². The lowest BCUT2D eigenvalue weighted by Crippen LogP contribution is -2.34.